The lowest BCUT2D eigenvalue weighted by molar-refractivity contribution is -0.884. The number of fused-ring (bicyclic) bond motifs is 2. The number of benzene rings is 2. The molecule has 12 nitrogen and oxygen atoms in total. The zero-order chi connectivity index (χ0) is 35.1. The fourth-order valence-electron chi connectivity index (χ4n) is 5.14. The maximum Gasteiger partial charge on any atom is 0.408 e. The molecule has 2 atom stereocenters. The summed E-state index contributed by atoms with van der Waals surface area (Å²) < 4.78 is 10.8. The van der Waals surface area contributed by atoms with Gasteiger partial charge in [0.05, 0.1) is 51.2 Å². The maximum absolute atomic E-state index is 13.0. The molecule has 1 saturated heterocycles. The van der Waals surface area contributed by atoms with Crippen molar-refractivity contribution in [3.63, 3.8) is 0 Å². The van der Waals surface area contributed by atoms with Gasteiger partial charge in [0.2, 0.25) is 5.91 Å². The van der Waals surface area contributed by atoms with Crippen LogP contribution in [0.2, 0.25) is 0 Å². The predicted octanol–water partition coefficient (Wildman–Crippen LogP) is 2.43. The number of quaternary nitrogens is 1. The molecular formula is C34H42N4O8S2. The van der Waals surface area contributed by atoms with Gasteiger partial charge in [-0.1, -0.05) is 36.4 Å². The van der Waals surface area contributed by atoms with Gasteiger partial charge < -0.3 is 34.5 Å². The number of β-lactam (4-membered cyclic amide) rings is 1. The second-order valence-electron chi connectivity index (χ2n) is 13.1. The standard InChI is InChI=1S/C34H42N4O8S2/c1-34(2,3)46-33(44)35-19-27(40)45-17-9-16-38(4,5)15-8-12-24-20-48-31-28(30(41)37(31)29(24)32(42)43)36-26(39)21-47-25-14-13-22-10-6-7-11-23(22)18-25/h6-8,10-14,18,28,31H,9,15-17,19-21H2,1-5H3,(H2-,35,36,39,42,43,44)/b12-8+/t28-,31-/m1/s1. The average Bonchev–Trinajstić information content (AvgIpc) is 3.02. The first-order valence-corrected chi connectivity index (χ1v) is 17.6. The summed E-state index contributed by atoms with van der Waals surface area (Å²) in [5.74, 6) is -2.33. The molecule has 2 aromatic rings. The van der Waals surface area contributed by atoms with E-state index in [1.807, 2.05) is 62.6 Å². The third-order valence-electron chi connectivity index (χ3n) is 7.46. The molecule has 48 heavy (non-hydrogen) atoms. The summed E-state index contributed by atoms with van der Waals surface area (Å²) in [6.45, 7) is 6.27. The highest BCUT2D eigenvalue weighted by Crippen LogP contribution is 2.40. The number of hydrogen-bond acceptors (Lipinski definition) is 10. The molecule has 0 aliphatic carbocycles. The Labute approximate surface area is 288 Å². The van der Waals surface area contributed by atoms with Gasteiger partial charge in [-0.2, -0.15) is 0 Å². The third kappa shape index (κ3) is 10.2. The maximum atomic E-state index is 13.0. The molecule has 0 radical (unpaired) electrons. The van der Waals surface area contributed by atoms with Crippen molar-refractivity contribution in [3.8, 4) is 0 Å². The number of nitrogens with one attached hydrogen (secondary N) is 2. The molecule has 0 unspecified atom stereocenters. The zero-order valence-electron chi connectivity index (χ0n) is 27.8. The number of allylic oxidation sites excluding steroid dienone is 1. The molecule has 2 N–H and O–H groups in total. The molecule has 0 bridgehead atoms. The Morgan fingerprint density at radius 2 is 1.85 bits per heavy atom. The lowest BCUT2D eigenvalue weighted by Crippen LogP contribution is -2.71. The fraction of sp³-hybridized carbons (Fsp3) is 0.441. The predicted molar refractivity (Wildman–Crippen MR) is 183 cm³/mol. The number of esters is 1. The normalized spacial score (nSPS) is 17.9. The van der Waals surface area contributed by atoms with Crippen LogP contribution in [0.1, 0.15) is 27.2 Å². The number of carbonyl (C=O) groups is 5. The van der Waals surface area contributed by atoms with E-state index < -0.39 is 41.0 Å². The Balaban J connectivity index is 1.22. The van der Waals surface area contributed by atoms with Gasteiger partial charge in [0.15, 0.2) is 0 Å². The molecule has 4 rings (SSSR count). The molecule has 1 fully saturated rings. The average molecular weight is 699 g/mol. The highest BCUT2D eigenvalue weighted by Gasteiger charge is 2.52. The van der Waals surface area contributed by atoms with Crippen LogP contribution in [0, 0.1) is 0 Å². The quantitative estimate of drug-likeness (QED) is 0.0989. The largest absolute Gasteiger partial charge is 0.543 e. The molecule has 2 aliphatic heterocycles. The minimum absolute atomic E-state index is 0.123. The molecule has 3 amide bonds. The van der Waals surface area contributed by atoms with Gasteiger partial charge in [0.25, 0.3) is 5.91 Å². The van der Waals surface area contributed by atoms with E-state index in [4.69, 9.17) is 9.47 Å². The lowest BCUT2D eigenvalue weighted by Gasteiger charge is -2.50. The van der Waals surface area contributed by atoms with Gasteiger partial charge in [0.1, 0.15) is 23.6 Å². The van der Waals surface area contributed by atoms with Gasteiger partial charge >= 0.3 is 12.1 Å². The minimum Gasteiger partial charge on any atom is -0.543 e. The summed E-state index contributed by atoms with van der Waals surface area (Å²) in [5, 5.41) is 18.9. The van der Waals surface area contributed by atoms with E-state index in [1.54, 1.807) is 26.8 Å². The molecule has 2 aliphatic rings. The van der Waals surface area contributed by atoms with E-state index in [1.165, 1.54) is 28.4 Å². The van der Waals surface area contributed by atoms with E-state index in [2.05, 4.69) is 10.6 Å². The number of carboxylic acid groups (broad SMARTS) is 1. The van der Waals surface area contributed by atoms with Crippen LogP contribution in [0.5, 0.6) is 0 Å². The number of hydrogen-bond donors (Lipinski definition) is 2. The van der Waals surface area contributed by atoms with Crippen molar-refractivity contribution in [1.82, 2.24) is 15.5 Å². The summed E-state index contributed by atoms with van der Waals surface area (Å²) in [6, 6.07) is 13.1. The molecule has 2 aromatic carbocycles. The highest BCUT2D eigenvalue weighted by atomic mass is 32.2. The Hall–Kier alpha value is -4.01. The highest BCUT2D eigenvalue weighted by molar-refractivity contribution is 8.00. The molecule has 14 heteroatoms. The summed E-state index contributed by atoms with van der Waals surface area (Å²) in [4.78, 5) is 63.7. The van der Waals surface area contributed by atoms with E-state index >= 15 is 0 Å². The van der Waals surface area contributed by atoms with Crippen molar-refractivity contribution >= 4 is 64.1 Å². The number of likely N-dealkylation sites (N-methyl/N-ethyl adjacent to an activating group) is 1. The number of nitrogens with zero attached hydrogens (tertiary/aromatic N) is 2. The first-order chi connectivity index (χ1) is 22.6. The van der Waals surface area contributed by atoms with Crippen molar-refractivity contribution in [2.24, 2.45) is 0 Å². The monoisotopic (exact) mass is 698 g/mol. The van der Waals surface area contributed by atoms with Gasteiger partial charge in [-0.05, 0) is 55.3 Å². The van der Waals surface area contributed by atoms with Crippen molar-refractivity contribution in [2.75, 3.05) is 51.8 Å². The topological polar surface area (TPSA) is 154 Å². The van der Waals surface area contributed by atoms with E-state index in [9.17, 15) is 29.1 Å². The first kappa shape index (κ1) is 36.8. The van der Waals surface area contributed by atoms with Crippen molar-refractivity contribution in [2.45, 2.75) is 49.1 Å². The first-order valence-electron chi connectivity index (χ1n) is 15.5. The summed E-state index contributed by atoms with van der Waals surface area (Å²) in [6.07, 6.45) is 3.43. The van der Waals surface area contributed by atoms with Crippen LogP contribution in [0.3, 0.4) is 0 Å². The molecule has 0 spiro atoms. The van der Waals surface area contributed by atoms with Crippen LogP contribution in [-0.4, -0.2) is 108 Å². The van der Waals surface area contributed by atoms with Crippen molar-refractivity contribution < 1.29 is 43.0 Å². The van der Waals surface area contributed by atoms with E-state index in [0.29, 0.717) is 35.3 Å². The number of carboxylic acids is 1. The third-order valence-corrected chi connectivity index (χ3v) is 9.76. The molecule has 2 heterocycles. The second kappa shape index (κ2) is 15.9. The van der Waals surface area contributed by atoms with Crippen LogP contribution in [0.25, 0.3) is 10.8 Å². The molecule has 0 aromatic heterocycles. The lowest BCUT2D eigenvalue weighted by atomic mass is 10.0. The van der Waals surface area contributed by atoms with Crippen LogP contribution in [0.15, 0.2) is 70.8 Å². The fourth-order valence-corrected chi connectivity index (χ4v) is 7.22. The Bertz CT molecular complexity index is 1620. The number of rotatable bonds is 14. The second-order valence-corrected chi connectivity index (χ2v) is 15.2. The number of aliphatic carboxylic acids is 1. The van der Waals surface area contributed by atoms with Gasteiger partial charge in [-0.15, -0.1) is 23.5 Å². The summed E-state index contributed by atoms with van der Waals surface area (Å²) >= 11 is 2.76. The van der Waals surface area contributed by atoms with Crippen LogP contribution in [0.4, 0.5) is 4.79 Å². The molecule has 0 saturated carbocycles. The number of thioether (sulfide) groups is 2. The van der Waals surface area contributed by atoms with Crippen molar-refractivity contribution in [1.29, 1.82) is 0 Å². The molecular weight excluding hydrogens is 657 g/mol. The zero-order valence-corrected chi connectivity index (χ0v) is 29.4. The number of amides is 3. The van der Waals surface area contributed by atoms with Gasteiger partial charge in [-0.25, -0.2) is 4.79 Å². The summed E-state index contributed by atoms with van der Waals surface area (Å²) in [5.41, 5.74) is -0.374. The number of alkyl carbamates (subject to hydrolysis) is 1. The van der Waals surface area contributed by atoms with Crippen LogP contribution >= 0.6 is 23.5 Å². The SMILES string of the molecule is CC(C)(C)OC(=O)NCC(=O)OCCC[N+](C)(C)C/C=C/C1=C(C(=O)[O-])N2C(=O)[C@@H](NC(=O)CSc3ccc4ccccc4c3)[C@H]2SC1. The van der Waals surface area contributed by atoms with Crippen molar-refractivity contribution in [3.05, 3.63) is 65.9 Å². The molecule has 258 valence electrons. The Morgan fingerprint density at radius 1 is 1.12 bits per heavy atom. The number of ether oxygens (including phenoxy) is 2. The summed E-state index contributed by atoms with van der Waals surface area (Å²) in [7, 11) is 3.97. The number of carbonyl (C=O) groups excluding carboxylic acids is 5. The van der Waals surface area contributed by atoms with Crippen LogP contribution < -0.4 is 15.7 Å². The minimum atomic E-state index is -1.44. The smallest absolute Gasteiger partial charge is 0.408 e. The Kier molecular flexibility index (Phi) is 12.2. The van der Waals surface area contributed by atoms with Gasteiger partial charge in [0, 0.05) is 17.1 Å². The van der Waals surface area contributed by atoms with E-state index in [-0.39, 0.29) is 30.5 Å². The van der Waals surface area contributed by atoms with Crippen LogP contribution in [-0.2, 0) is 28.7 Å². The Morgan fingerprint density at radius 3 is 2.56 bits per heavy atom. The van der Waals surface area contributed by atoms with E-state index in [0.717, 1.165) is 15.7 Å². The van der Waals surface area contributed by atoms with Gasteiger partial charge in [-0.3, -0.25) is 19.3 Å².